The lowest BCUT2D eigenvalue weighted by molar-refractivity contribution is 0.00578. The van der Waals surface area contributed by atoms with Gasteiger partial charge in [0.25, 0.3) is 0 Å². The summed E-state index contributed by atoms with van der Waals surface area (Å²) in [5.74, 6) is 0. The lowest BCUT2D eigenvalue weighted by atomic mass is 9.87. The zero-order chi connectivity index (χ0) is 19.9. The van der Waals surface area contributed by atoms with E-state index in [0.717, 1.165) is 5.56 Å². The lowest BCUT2D eigenvalue weighted by Crippen LogP contribution is -2.41. The first-order valence-corrected chi connectivity index (χ1v) is 9.34. The van der Waals surface area contributed by atoms with Crippen LogP contribution >= 0.6 is 0 Å². The Hall–Kier alpha value is -2.51. The molecule has 28 heavy (non-hydrogen) atoms. The van der Waals surface area contributed by atoms with E-state index in [0.29, 0.717) is 12.2 Å². The first-order valence-electron chi connectivity index (χ1n) is 9.34. The van der Waals surface area contributed by atoms with Crippen molar-refractivity contribution in [2.45, 2.75) is 45.4 Å². The molecule has 1 fully saturated rings. The van der Waals surface area contributed by atoms with Gasteiger partial charge in [-0.3, -0.25) is 0 Å². The Morgan fingerprint density at radius 3 is 2.46 bits per heavy atom. The van der Waals surface area contributed by atoms with E-state index >= 15 is 0 Å². The van der Waals surface area contributed by atoms with Crippen LogP contribution in [0, 0.1) is 0 Å². The van der Waals surface area contributed by atoms with Gasteiger partial charge in [-0.25, -0.2) is 9.07 Å². The summed E-state index contributed by atoms with van der Waals surface area (Å²) >= 11 is 0. The summed E-state index contributed by atoms with van der Waals surface area (Å²) in [4.78, 5) is 0. The molecule has 144 valence electrons. The number of hydrogen-bond acceptors (Lipinski definition) is 4. The van der Waals surface area contributed by atoms with Crippen molar-refractivity contribution in [1.82, 2.24) is 15.0 Å². The molecule has 0 bridgehead atoms. The third-order valence-corrected chi connectivity index (χ3v) is 5.48. The van der Waals surface area contributed by atoms with Crippen LogP contribution in [0.15, 0.2) is 54.4 Å². The van der Waals surface area contributed by atoms with Gasteiger partial charge in [-0.15, -0.1) is 5.10 Å². The van der Waals surface area contributed by atoms with Crippen molar-refractivity contribution in [2.24, 2.45) is 0 Å². The second kappa shape index (κ2) is 6.83. The predicted molar refractivity (Wildman–Crippen MR) is 108 cm³/mol. The highest BCUT2D eigenvalue weighted by Gasteiger charge is 2.53. The van der Waals surface area contributed by atoms with Crippen LogP contribution in [-0.2, 0) is 15.9 Å². The number of hydrogen-bond donors (Lipinski definition) is 0. The second-order valence-electron chi connectivity index (χ2n) is 8.14. The van der Waals surface area contributed by atoms with Crippen LogP contribution in [0.1, 0.15) is 39.0 Å². The summed E-state index contributed by atoms with van der Waals surface area (Å²) in [6.07, 6.45) is 3.02. The lowest BCUT2D eigenvalue weighted by Gasteiger charge is -2.32. The van der Waals surface area contributed by atoms with E-state index in [-0.39, 0.29) is 0 Å². The summed E-state index contributed by atoms with van der Waals surface area (Å²) in [6, 6.07) is 14.5. The molecule has 1 aliphatic heterocycles. The minimum atomic E-state index is -1.03. The Morgan fingerprint density at radius 1 is 1.07 bits per heavy atom. The van der Waals surface area contributed by atoms with Crippen molar-refractivity contribution >= 4 is 24.0 Å². The smallest absolute Gasteiger partial charge is 0.398 e. The monoisotopic (exact) mass is 379 g/mol. The largest absolute Gasteiger partial charge is 0.525 e. The Labute approximate surface area is 164 Å². The number of halogens is 1. The van der Waals surface area contributed by atoms with Gasteiger partial charge in [-0.1, -0.05) is 41.6 Å². The molecule has 0 unspecified atom stereocenters. The Balaban J connectivity index is 1.49. The highest BCUT2D eigenvalue weighted by atomic mass is 19.1. The van der Waals surface area contributed by atoms with Crippen molar-refractivity contribution in [3.05, 3.63) is 65.6 Å². The molecular weight excluding hydrogens is 356 g/mol. The molecule has 1 saturated heterocycles. The highest BCUT2D eigenvalue weighted by Crippen LogP contribution is 2.38. The molecule has 2 aromatic carbocycles. The molecule has 0 aliphatic carbocycles. The summed E-state index contributed by atoms with van der Waals surface area (Å²) in [5.41, 5.74) is -0.164. The first-order chi connectivity index (χ1) is 13.2. The van der Waals surface area contributed by atoms with Crippen LogP contribution in [0.25, 0.3) is 16.8 Å². The summed E-state index contributed by atoms with van der Waals surface area (Å²) in [5, 5.41) is 10.5. The van der Waals surface area contributed by atoms with Gasteiger partial charge < -0.3 is 9.31 Å². The summed E-state index contributed by atoms with van der Waals surface area (Å²) in [7, 11) is -1.03. The van der Waals surface area contributed by atoms with Crippen molar-refractivity contribution in [1.29, 1.82) is 0 Å². The molecule has 7 heteroatoms. The molecule has 0 N–H and O–H groups in total. The molecule has 0 amide bonds. The van der Waals surface area contributed by atoms with E-state index in [4.69, 9.17) is 9.31 Å². The standard InChI is InChI=1S/C21H23BFN3O2/c1-20(2)21(3,4)28-22(27-20)19(23)12-18-14-26(25-24-18)13-15-9-10-16-7-5-6-8-17(16)11-15/h5-12,14H,13H2,1-4H3. The van der Waals surface area contributed by atoms with E-state index in [2.05, 4.69) is 40.6 Å². The Bertz CT molecular complexity index is 1030. The van der Waals surface area contributed by atoms with Crippen LogP contribution in [0.2, 0.25) is 0 Å². The molecule has 4 rings (SSSR count). The van der Waals surface area contributed by atoms with Crippen molar-refractivity contribution < 1.29 is 13.7 Å². The van der Waals surface area contributed by atoms with E-state index < -0.39 is 24.0 Å². The molecule has 5 nitrogen and oxygen atoms in total. The van der Waals surface area contributed by atoms with Gasteiger partial charge in [0.15, 0.2) is 0 Å². The first kappa shape index (κ1) is 18.8. The van der Waals surface area contributed by atoms with Gasteiger partial charge in [-0.05, 0) is 56.2 Å². The third-order valence-electron chi connectivity index (χ3n) is 5.48. The normalized spacial score (nSPS) is 18.8. The van der Waals surface area contributed by atoms with Gasteiger partial charge in [0.1, 0.15) is 11.4 Å². The van der Waals surface area contributed by atoms with Crippen LogP contribution in [0.5, 0.6) is 0 Å². The van der Waals surface area contributed by atoms with E-state index in [1.807, 2.05) is 39.8 Å². The fourth-order valence-electron chi connectivity index (χ4n) is 3.15. The van der Waals surface area contributed by atoms with E-state index in [1.54, 1.807) is 10.9 Å². The molecule has 3 aromatic rings. The third kappa shape index (κ3) is 3.60. The van der Waals surface area contributed by atoms with Gasteiger partial charge in [0, 0.05) is 0 Å². The number of nitrogens with zero attached hydrogens (tertiary/aromatic N) is 3. The zero-order valence-corrected chi connectivity index (χ0v) is 16.5. The molecule has 0 saturated carbocycles. The van der Waals surface area contributed by atoms with Gasteiger partial charge in [-0.2, -0.15) is 0 Å². The van der Waals surface area contributed by atoms with E-state index in [1.165, 1.54) is 16.8 Å². The SMILES string of the molecule is CC1(C)OB(C(F)=Cc2cn(Cc3ccc4ccccc4c3)nn2)OC1(C)C. The van der Waals surface area contributed by atoms with Crippen molar-refractivity contribution in [3.8, 4) is 0 Å². The fraction of sp³-hybridized carbons (Fsp3) is 0.333. The van der Waals surface area contributed by atoms with Crippen molar-refractivity contribution in [3.63, 3.8) is 0 Å². The average Bonchev–Trinajstić information content (AvgIpc) is 3.15. The van der Waals surface area contributed by atoms with Gasteiger partial charge in [0.05, 0.1) is 23.9 Å². The van der Waals surface area contributed by atoms with Crippen LogP contribution in [-0.4, -0.2) is 33.3 Å². The molecule has 0 radical (unpaired) electrons. The maximum atomic E-state index is 14.6. The van der Waals surface area contributed by atoms with Crippen molar-refractivity contribution in [2.75, 3.05) is 0 Å². The Morgan fingerprint density at radius 2 is 1.75 bits per heavy atom. The average molecular weight is 379 g/mol. The topological polar surface area (TPSA) is 49.2 Å². The number of benzene rings is 2. The maximum absolute atomic E-state index is 14.6. The zero-order valence-electron chi connectivity index (χ0n) is 16.5. The Kier molecular flexibility index (Phi) is 4.60. The molecular formula is C21H23BFN3O2. The summed E-state index contributed by atoms with van der Waals surface area (Å²) < 4.78 is 27.8. The minimum Gasteiger partial charge on any atom is -0.398 e. The molecule has 0 atom stereocenters. The fourth-order valence-corrected chi connectivity index (χ4v) is 3.15. The number of fused-ring (bicyclic) bond motifs is 1. The maximum Gasteiger partial charge on any atom is 0.525 e. The predicted octanol–water partition coefficient (Wildman–Crippen LogP) is 4.42. The number of rotatable bonds is 4. The molecule has 0 spiro atoms. The van der Waals surface area contributed by atoms with Gasteiger partial charge in [0.2, 0.25) is 0 Å². The van der Waals surface area contributed by atoms with Gasteiger partial charge >= 0.3 is 7.12 Å². The van der Waals surface area contributed by atoms with Crippen LogP contribution in [0.3, 0.4) is 0 Å². The van der Waals surface area contributed by atoms with Crippen LogP contribution in [0.4, 0.5) is 4.39 Å². The van der Waals surface area contributed by atoms with Crippen LogP contribution < -0.4 is 0 Å². The van der Waals surface area contributed by atoms with E-state index in [9.17, 15) is 4.39 Å². The second-order valence-corrected chi connectivity index (χ2v) is 8.14. The quantitative estimate of drug-likeness (QED) is 0.630. The molecule has 2 heterocycles. The minimum absolute atomic E-state index is 0.424. The highest BCUT2D eigenvalue weighted by molar-refractivity contribution is 6.54. The summed E-state index contributed by atoms with van der Waals surface area (Å²) in [6.45, 7) is 8.12. The number of aromatic nitrogens is 3. The molecule has 1 aromatic heterocycles. The molecule has 1 aliphatic rings.